The van der Waals surface area contributed by atoms with Gasteiger partial charge in [-0.15, -0.1) is 0 Å². The maximum absolute atomic E-state index is 10.9. The van der Waals surface area contributed by atoms with Crippen molar-refractivity contribution in [3.8, 4) is 5.75 Å². The smallest absolute Gasteiger partial charge is 0.310 e. The molecule has 1 atom stereocenters. The first-order valence-electron chi connectivity index (χ1n) is 6.96. The van der Waals surface area contributed by atoms with Gasteiger partial charge in [0.2, 0.25) is 0 Å². The van der Waals surface area contributed by atoms with Crippen LogP contribution in [0.3, 0.4) is 0 Å². The molecule has 1 fully saturated rings. The van der Waals surface area contributed by atoms with E-state index in [0.29, 0.717) is 18.4 Å². The zero-order valence-electron chi connectivity index (χ0n) is 11.7. The van der Waals surface area contributed by atoms with Gasteiger partial charge in [0.15, 0.2) is 5.75 Å². The number of para-hydroxylation sites is 2. The van der Waals surface area contributed by atoms with Crippen molar-refractivity contribution in [3.05, 3.63) is 34.4 Å². The predicted molar refractivity (Wildman–Crippen MR) is 77.1 cm³/mol. The number of likely N-dealkylation sites (N-methyl/N-ethyl adjacent to an activating group) is 1. The van der Waals surface area contributed by atoms with E-state index >= 15 is 0 Å². The van der Waals surface area contributed by atoms with Gasteiger partial charge >= 0.3 is 5.69 Å². The molecule has 1 N–H and O–H groups in total. The molecule has 0 bridgehead atoms. The van der Waals surface area contributed by atoms with Crippen molar-refractivity contribution < 1.29 is 9.66 Å². The van der Waals surface area contributed by atoms with Gasteiger partial charge in [-0.1, -0.05) is 12.1 Å². The number of likely N-dealkylation sites (tertiary alicyclic amines) is 1. The van der Waals surface area contributed by atoms with Crippen LogP contribution in [0.15, 0.2) is 24.3 Å². The van der Waals surface area contributed by atoms with Gasteiger partial charge in [0, 0.05) is 25.2 Å². The molecular weight excluding hydrogens is 258 g/mol. The minimum atomic E-state index is -0.409. The Morgan fingerprint density at radius 1 is 1.50 bits per heavy atom. The molecule has 0 spiro atoms. The highest BCUT2D eigenvalue weighted by Crippen LogP contribution is 2.25. The Balaban J connectivity index is 1.82. The molecule has 0 saturated carbocycles. The van der Waals surface area contributed by atoms with Crippen LogP contribution in [0.5, 0.6) is 5.75 Å². The normalized spacial score (nSPS) is 19.8. The van der Waals surface area contributed by atoms with Gasteiger partial charge in [-0.2, -0.15) is 0 Å². The summed E-state index contributed by atoms with van der Waals surface area (Å²) >= 11 is 0. The standard InChI is InChI=1S/C14H21N3O3/c1-15-12-5-4-8-16(11-12)9-10-20-14-7-3-2-6-13(14)17(18)19/h2-3,6-7,12,15H,4-5,8-11H2,1H3. The number of ether oxygens (including phenoxy) is 1. The number of rotatable bonds is 6. The molecule has 0 aliphatic carbocycles. The third-order valence-electron chi connectivity index (χ3n) is 3.64. The van der Waals surface area contributed by atoms with Crippen LogP contribution in [0, 0.1) is 10.1 Å². The summed E-state index contributed by atoms with van der Waals surface area (Å²) in [6, 6.07) is 7.04. The molecule has 6 nitrogen and oxygen atoms in total. The summed E-state index contributed by atoms with van der Waals surface area (Å²) in [7, 11) is 1.98. The Hall–Kier alpha value is -1.66. The first-order valence-corrected chi connectivity index (χ1v) is 6.96. The van der Waals surface area contributed by atoms with E-state index in [4.69, 9.17) is 4.74 Å². The van der Waals surface area contributed by atoms with E-state index in [2.05, 4.69) is 10.2 Å². The summed E-state index contributed by atoms with van der Waals surface area (Å²) in [4.78, 5) is 12.8. The molecule has 110 valence electrons. The van der Waals surface area contributed by atoms with Crippen molar-refractivity contribution >= 4 is 5.69 Å². The lowest BCUT2D eigenvalue weighted by molar-refractivity contribution is -0.385. The van der Waals surface area contributed by atoms with E-state index in [-0.39, 0.29) is 5.69 Å². The monoisotopic (exact) mass is 279 g/mol. The van der Waals surface area contributed by atoms with Gasteiger partial charge < -0.3 is 10.1 Å². The molecule has 6 heteroatoms. The number of nitrogens with one attached hydrogen (secondary N) is 1. The number of nitrogens with zero attached hydrogens (tertiary/aromatic N) is 2. The maximum Gasteiger partial charge on any atom is 0.310 e. The van der Waals surface area contributed by atoms with Crippen LogP contribution < -0.4 is 10.1 Å². The lowest BCUT2D eigenvalue weighted by atomic mass is 10.1. The Morgan fingerprint density at radius 3 is 3.05 bits per heavy atom. The molecule has 0 amide bonds. The Bertz CT molecular complexity index is 453. The van der Waals surface area contributed by atoms with Crippen LogP contribution in [0.1, 0.15) is 12.8 Å². The molecule has 1 aliphatic rings. The summed E-state index contributed by atoms with van der Waals surface area (Å²) in [5, 5.41) is 14.2. The number of hydrogen-bond acceptors (Lipinski definition) is 5. The van der Waals surface area contributed by atoms with Crippen molar-refractivity contribution in [1.29, 1.82) is 0 Å². The van der Waals surface area contributed by atoms with E-state index < -0.39 is 4.92 Å². The number of piperidine rings is 1. The quantitative estimate of drug-likeness (QED) is 0.633. The zero-order chi connectivity index (χ0) is 14.4. The number of hydrogen-bond donors (Lipinski definition) is 1. The summed E-state index contributed by atoms with van der Waals surface area (Å²) in [5.41, 5.74) is 0.0271. The lowest BCUT2D eigenvalue weighted by Gasteiger charge is -2.32. The molecular formula is C14H21N3O3. The average Bonchev–Trinajstić information content (AvgIpc) is 2.48. The van der Waals surface area contributed by atoms with E-state index in [1.165, 1.54) is 18.9 Å². The lowest BCUT2D eigenvalue weighted by Crippen LogP contribution is -2.45. The Kier molecular flexibility index (Phi) is 5.31. The SMILES string of the molecule is CNC1CCCN(CCOc2ccccc2[N+](=O)[O-])C1. The van der Waals surface area contributed by atoms with E-state index in [0.717, 1.165) is 19.6 Å². The Labute approximate surface area is 118 Å². The second kappa shape index (κ2) is 7.21. The fourth-order valence-electron chi connectivity index (χ4n) is 2.51. The van der Waals surface area contributed by atoms with E-state index in [9.17, 15) is 10.1 Å². The molecule has 1 heterocycles. The van der Waals surface area contributed by atoms with Crippen molar-refractivity contribution in [1.82, 2.24) is 10.2 Å². The summed E-state index contributed by atoms with van der Waals surface area (Å²) in [6.45, 7) is 3.35. The highest BCUT2D eigenvalue weighted by molar-refractivity contribution is 5.45. The largest absolute Gasteiger partial charge is 0.485 e. The number of nitro groups is 1. The zero-order valence-corrected chi connectivity index (χ0v) is 11.7. The van der Waals surface area contributed by atoms with E-state index in [1.54, 1.807) is 18.2 Å². The molecule has 0 aromatic heterocycles. The number of nitro benzene ring substituents is 1. The summed E-state index contributed by atoms with van der Waals surface area (Å²) in [6.07, 6.45) is 2.38. The third-order valence-corrected chi connectivity index (χ3v) is 3.64. The van der Waals surface area contributed by atoms with Crippen molar-refractivity contribution in [2.45, 2.75) is 18.9 Å². The van der Waals surface area contributed by atoms with Crippen LogP contribution >= 0.6 is 0 Å². The fraction of sp³-hybridized carbons (Fsp3) is 0.571. The van der Waals surface area contributed by atoms with Gasteiger partial charge in [-0.3, -0.25) is 15.0 Å². The topological polar surface area (TPSA) is 67.6 Å². The van der Waals surface area contributed by atoms with Gasteiger partial charge in [0.25, 0.3) is 0 Å². The molecule has 0 radical (unpaired) electrons. The third kappa shape index (κ3) is 3.91. The molecule has 2 rings (SSSR count). The molecule has 1 saturated heterocycles. The Morgan fingerprint density at radius 2 is 2.30 bits per heavy atom. The van der Waals surface area contributed by atoms with E-state index in [1.807, 2.05) is 7.05 Å². The van der Waals surface area contributed by atoms with Crippen LogP contribution in [-0.4, -0.2) is 49.2 Å². The van der Waals surface area contributed by atoms with Gasteiger partial charge in [-0.05, 0) is 32.5 Å². The minimum absolute atomic E-state index is 0.0271. The number of benzene rings is 1. The second-order valence-electron chi connectivity index (χ2n) is 5.00. The second-order valence-corrected chi connectivity index (χ2v) is 5.00. The predicted octanol–water partition coefficient (Wildman–Crippen LogP) is 1.66. The first kappa shape index (κ1) is 14.7. The maximum atomic E-state index is 10.9. The van der Waals surface area contributed by atoms with Gasteiger partial charge in [-0.25, -0.2) is 0 Å². The van der Waals surface area contributed by atoms with Gasteiger partial charge in [0.05, 0.1) is 4.92 Å². The van der Waals surface area contributed by atoms with Crippen LogP contribution in [0.2, 0.25) is 0 Å². The molecule has 1 aromatic rings. The molecule has 1 aliphatic heterocycles. The molecule has 1 aromatic carbocycles. The average molecular weight is 279 g/mol. The van der Waals surface area contributed by atoms with Crippen molar-refractivity contribution in [2.24, 2.45) is 0 Å². The van der Waals surface area contributed by atoms with Crippen LogP contribution in [0.4, 0.5) is 5.69 Å². The van der Waals surface area contributed by atoms with Crippen molar-refractivity contribution in [2.75, 3.05) is 33.3 Å². The first-order chi connectivity index (χ1) is 9.70. The summed E-state index contributed by atoms with van der Waals surface area (Å²) in [5.74, 6) is 0.347. The summed E-state index contributed by atoms with van der Waals surface area (Å²) < 4.78 is 5.57. The minimum Gasteiger partial charge on any atom is -0.485 e. The molecule has 20 heavy (non-hydrogen) atoms. The molecule has 1 unspecified atom stereocenters. The van der Waals surface area contributed by atoms with Crippen LogP contribution in [-0.2, 0) is 0 Å². The highest BCUT2D eigenvalue weighted by Gasteiger charge is 2.19. The fourth-order valence-corrected chi connectivity index (χ4v) is 2.51. The van der Waals surface area contributed by atoms with Gasteiger partial charge in [0.1, 0.15) is 6.61 Å². The van der Waals surface area contributed by atoms with Crippen LogP contribution in [0.25, 0.3) is 0 Å². The van der Waals surface area contributed by atoms with Crippen molar-refractivity contribution in [3.63, 3.8) is 0 Å². The highest BCUT2D eigenvalue weighted by atomic mass is 16.6.